The molecule has 5 nitrogen and oxygen atoms in total. The van der Waals surface area contributed by atoms with Gasteiger partial charge in [-0.15, -0.1) is 11.3 Å². The average Bonchev–Trinajstić information content (AvgIpc) is 2.98. The molecular formula is C14H9F2NO4S. The molecule has 114 valence electrons. The van der Waals surface area contributed by atoms with Gasteiger partial charge in [-0.1, -0.05) is 6.07 Å². The molecule has 0 saturated carbocycles. The zero-order valence-electron chi connectivity index (χ0n) is 11.0. The minimum Gasteiger partial charge on any atom is -0.452 e. The zero-order chi connectivity index (χ0) is 16.1. The molecule has 0 spiro atoms. The summed E-state index contributed by atoms with van der Waals surface area (Å²) in [6, 6.07) is 5.32. The molecule has 1 aromatic heterocycles. The van der Waals surface area contributed by atoms with Crippen molar-refractivity contribution < 1.29 is 27.9 Å². The first kappa shape index (κ1) is 15.8. The average molecular weight is 325 g/mol. The summed E-state index contributed by atoms with van der Waals surface area (Å²) in [5, 5.41) is 3.68. The monoisotopic (exact) mass is 325 g/mol. The highest BCUT2D eigenvalue weighted by atomic mass is 32.1. The first-order valence-electron chi connectivity index (χ1n) is 5.96. The van der Waals surface area contributed by atoms with Crippen LogP contribution in [0.25, 0.3) is 0 Å². The van der Waals surface area contributed by atoms with E-state index in [0.717, 1.165) is 23.5 Å². The highest BCUT2D eigenvalue weighted by Gasteiger charge is 2.15. The van der Waals surface area contributed by atoms with Gasteiger partial charge in [0, 0.05) is 6.07 Å². The van der Waals surface area contributed by atoms with E-state index in [-0.39, 0.29) is 5.56 Å². The third-order valence-corrected chi connectivity index (χ3v) is 3.30. The van der Waals surface area contributed by atoms with Crippen LogP contribution in [0, 0.1) is 11.6 Å². The van der Waals surface area contributed by atoms with Crippen molar-refractivity contribution in [1.82, 2.24) is 5.32 Å². The second-order valence-corrected chi connectivity index (χ2v) is 5.04. The number of nitrogens with one attached hydrogen (secondary N) is 1. The van der Waals surface area contributed by atoms with Crippen LogP contribution < -0.4 is 5.32 Å². The van der Waals surface area contributed by atoms with E-state index >= 15 is 0 Å². The van der Waals surface area contributed by atoms with Gasteiger partial charge in [-0.05, 0) is 23.6 Å². The van der Waals surface area contributed by atoms with Crippen LogP contribution in [0.4, 0.5) is 8.78 Å². The van der Waals surface area contributed by atoms with E-state index in [1.54, 1.807) is 11.4 Å². The van der Waals surface area contributed by atoms with Gasteiger partial charge in [0.25, 0.3) is 11.8 Å². The first-order valence-corrected chi connectivity index (χ1v) is 6.84. The van der Waals surface area contributed by atoms with Crippen molar-refractivity contribution in [3.05, 3.63) is 57.8 Å². The quantitative estimate of drug-likeness (QED) is 0.874. The maximum Gasteiger partial charge on any atom is 0.338 e. The highest BCUT2D eigenvalue weighted by Crippen LogP contribution is 2.09. The molecule has 2 amide bonds. The van der Waals surface area contributed by atoms with Crippen molar-refractivity contribution in [2.75, 3.05) is 6.61 Å². The Kier molecular flexibility index (Phi) is 4.95. The molecule has 1 aromatic carbocycles. The highest BCUT2D eigenvalue weighted by molar-refractivity contribution is 7.12. The molecule has 0 radical (unpaired) electrons. The molecule has 8 heteroatoms. The maximum absolute atomic E-state index is 12.9. The van der Waals surface area contributed by atoms with Crippen LogP contribution in [0.2, 0.25) is 0 Å². The number of imide groups is 1. The van der Waals surface area contributed by atoms with Crippen molar-refractivity contribution in [2.45, 2.75) is 0 Å². The number of benzene rings is 1. The van der Waals surface area contributed by atoms with Gasteiger partial charge < -0.3 is 4.74 Å². The Labute approximate surface area is 127 Å². The third kappa shape index (κ3) is 4.19. The van der Waals surface area contributed by atoms with Gasteiger partial charge in [-0.25, -0.2) is 13.6 Å². The summed E-state index contributed by atoms with van der Waals surface area (Å²) in [5.41, 5.74) is -0.366. The largest absolute Gasteiger partial charge is 0.452 e. The Morgan fingerprint density at radius 1 is 1.14 bits per heavy atom. The Morgan fingerprint density at radius 2 is 1.82 bits per heavy atom. The number of halogens is 2. The molecule has 1 heterocycles. The number of esters is 1. The number of ether oxygens (including phenoxy) is 1. The van der Waals surface area contributed by atoms with Crippen LogP contribution in [0.15, 0.2) is 35.7 Å². The predicted molar refractivity (Wildman–Crippen MR) is 73.4 cm³/mol. The molecule has 0 bridgehead atoms. The first-order chi connectivity index (χ1) is 10.5. The van der Waals surface area contributed by atoms with Crippen molar-refractivity contribution >= 4 is 29.1 Å². The molecule has 2 aromatic rings. The van der Waals surface area contributed by atoms with Gasteiger partial charge in [0.1, 0.15) is 11.6 Å². The Bertz CT molecular complexity index is 695. The molecule has 0 fully saturated rings. The standard InChI is InChI=1S/C14H9F2NO4S/c15-9-4-8(5-10(16)6-9)14(20)21-7-12(18)17-13(19)11-2-1-3-22-11/h1-6H,7H2,(H,17,18,19). The van der Waals surface area contributed by atoms with Crippen LogP contribution in [0.5, 0.6) is 0 Å². The summed E-state index contributed by atoms with van der Waals surface area (Å²) < 4.78 is 30.5. The van der Waals surface area contributed by atoms with Crippen LogP contribution >= 0.6 is 11.3 Å². The summed E-state index contributed by atoms with van der Waals surface area (Å²) in [5.74, 6) is -4.41. The van der Waals surface area contributed by atoms with Gasteiger partial charge >= 0.3 is 5.97 Å². The Morgan fingerprint density at radius 3 is 2.41 bits per heavy atom. The lowest BCUT2D eigenvalue weighted by Gasteiger charge is -2.05. The summed E-state index contributed by atoms with van der Waals surface area (Å²) in [6.07, 6.45) is 0. The third-order valence-electron chi connectivity index (χ3n) is 2.43. The van der Waals surface area contributed by atoms with Gasteiger partial charge in [-0.3, -0.25) is 14.9 Å². The van der Waals surface area contributed by atoms with Crippen LogP contribution in [-0.4, -0.2) is 24.4 Å². The number of hydrogen-bond acceptors (Lipinski definition) is 5. The number of hydrogen-bond donors (Lipinski definition) is 1. The van der Waals surface area contributed by atoms with E-state index in [2.05, 4.69) is 4.74 Å². The normalized spacial score (nSPS) is 10.1. The predicted octanol–water partition coefficient (Wildman–Crippen LogP) is 2.14. The number of carbonyl (C=O) groups excluding carboxylic acids is 3. The van der Waals surface area contributed by atoms with E-state index in [1.807, 2.05) is 5.32 Å². The van der Waals surface area contributed by atoms with E-state index < -0.39 is 36.0 Å². The molecule has 0 atom stereocenters. The van der Waals surface area contributed by atoms with E-state index in [4.69, 9.17) is 0 Å². The van der Waals surface area contributed by atoms with Crippen molar-refractivity contribution in [3.63, 3.8) is 0 Å². The second kappa shape index (κ2) is 6.90. The van der Waals surface area contributed by atoms with Crippen LogP contribution in [-0.2, 0) is 9.53 Å². The second-order valence-electron chi connectivity index (χ2n) is 4.09. The number of carbonyl (C=O) groups is 3. The number of amides is 2. The van der Waals surface area contributed by atoms with Gasteiger partial charge in [0.15, 0.2) is 6.61 Å². The smallest absolute Gasteiger partial charge is 0.338 e. The topological polar surface area (TPSA) is 72.5 Å². The van der Waals surface area contributed by atoms with E-state index in [9.17, 15) is 23.2 Å². The lowest BCUT2D eigenvalue weighted by Crippen LogP contribution is -2.33. The Hall–Kier alpha value is -2.61. The fourth-order valence-electron chi connectivity index (χ4n) is 1.52. The van der Waals surface area contributed by atoms with Gasteiger partial charge in [0.2, 0.25) is 0 Å². The minimum atomic E-state index is -1.07. The molecule has 0 aliphatic heterocycles. The molecule has 0 saturated heterocycles. The number of thiophene rings is 1. The molecule has 22 heavy (non-hydrogen) atoms. The van der Waals surface area contributed by atoms with Crippen LogP contribution in [0.3, 0.4) is 0 Å². The Balaban J connectivity index is 1.88. The molecule has 0 aliphatic carbocycles. The maximum atomic E-state index is 12.9. The molecule has 0 aliphatic rings. The molecule has 2 rings (SSSR count). The summed E-state index contributed by atoms with van der Waals surface area (Å²) in [6.45, 7) is -0.742. The summed E-state index contributed by atoms with van der Waals surface area (Å²) >= 11 is 1.14. The van der Waals surface area contributed by atoms with Crippen molar-refractivity contribution in [3.8, 4) is 0 Å². The molecular weight excluding hydrogens is 316 g/mol. The number of rotatable bonds is 4. The lowest BCUT2D eigenvalue weighted by molar-refractivity contribution is -0.123. The van der Waals surface area contributed by atoms with E-state index in [0.29, 0.717) is 10.9 Å². The zero-order valence-corrected chi connectivity index (χ0v) is 11.8. The fourth-order valence-corrected chi connectivity index (χ4v) is 2.14. The summed E-state index contributed by atoms with van der Waals surface area (Å²) in [4.78, 5) is 34.9. The SMILES string of the molecule is O=C(COC(=O)c1cc(F)cc(F)c1)NC(=O)c1cccs1. The summed E-state index contributed by atoms with van der Waals surface area (Å²) in [7, 11) is 0. The minimum absolute atomic E-state index is 0.326. The van der Waals surface area contributed by atoms with Gasteiger partial charge in [-0.2, -0.15) is 0 Å². The van der Waals surface area contributed by atoms with Gasteiger partial charge in [0.05, 0.1) is 10.4 Å². The fraction of sp³-hybridized carbons (Fsp3) is 0.0714. The van der Waals surface area contributed by atoms with Crippen molar-refractivity contribution in [1.29, 1.82) is 0 Å². The molecule has 0 unspecified atom stereocenters. The van der Waals surface area contributed by atoms with E-state index in [1.165, 1.54) is 6.07 Å². The molecule has 1 N–H and O–H groups in total. The van der Waals surface area contributed by atoms with Crippen molar-refractivity contribution in [2.24, 2.45) is 0 Å². The lowest BCUT2D eigenvalue weighted by atomic mass is 10.2. The van der Waals surface area contributed by atoms with Crippen LogP contribution in [0.1, 0.15) is 20.0 Å².